The minimum absolute atomic E-state index is 0.0871. The first-order valence-electron chi connectivity index (χ1n) is 11.5. The molecular weight excluding hydrogens is 510 g/mol. The molecule has 0 atom stereocenters. The number of rotatable bonds is 7. The lowest BCUT2D eigenvalue weighted by Crippen LogP contribution is -2.36. The number of likely N-dealkylation sites (tertiary alicyclic amines) is 1. The molecule has 4 heterocycles. The fourth-order valence-electron chi connectivity index (χ4n) is 4.06. The number of fused-ring (bicyclic) bond motifs is 1. The van der Waals surface area contributed by atoms with Crippen molar-refractivity contribution in [2.75, 3.05) is 37.4 Å². The molecule has 1 aliphatic heterocycles. The van der Waals surface area contributed by atoms with E-state index in [9.17, 15) is 4.79 Å². The summed E-state index contributed by atoms with van der Waals surface area (Å²) in [6.45, 7) is 2.07. The minimum Gasteiger partial charge on any atom is -0.484 e. The summed E-state index contributed by atoms with van der Waals surface area (Å²) in [5.74, 6) is 1.08. The molecule has 0 spiro atoms. The number of amides is 1. The van der Waals surface area contributed by atoms with Crippen LogP contribution in [-0.2, 0) is 4.79 Å². The van der Waals surface area contributed by atoms with Crippen molar-refractivity contribution in [2.24, 2.45) is 0 Å². The minimum atomic E-state index is -0.237. The Labute approximate surface area is 211 Å². The quantitative estimate of drug-likeness (QED) is 0.323. The second-order valence-electron chi connectivity index (χ2n) is 8.58. The highest BCUT2D eigenvalue weighted by atomic mass is 79.9. The molecule has 3 N–H and O–H groups in total. The third kappa shape index (κ3) is 5.60. The van der Waals surface area contributed by atoms with Crippen molar-refractivity contribution in [3.63, 3.8) is 0 Å². The topological polar surface area (TPSA) is 108 Å². The van der Waals surface area contributed by atoms with Crippen molar-refractivity contribution >= 4 is 44.4 Å². The summed E-state index contributed by atoms with van der Waals surface area (Å²) in [6, 6.07) is 11.3. The molecule has 0 saturated carbocycles. The predicted molar refractivity (Wildman–Crippen MR) is 140 cm³/mol. The highest BCUT2D eigenvalue weighted by Crippen LogP contribution is 2.32. The lowest BCUT2D eigenvalue weighted by atomic mass is 10.1. The van der Waals surface area contributed by atoms with Crippen LogP contribution in [-0.4, -0.2) is 63.5 Å². The van der Waals surface area contributed by atoms with E-state index in [-0.39, 0.29) is 12.5 Å². The number of imidazole rings is 1. The highest BCUT2D eigenvalue weighted by molar-refractivity contribution is 9.10. The number of pyridine rings is 2. The number of carbonyl (C=O) groups is 1. The second-order valence-corrected chi connectivity index (χ2v) is 9.44. The van der Waals surface area contributed by atoms with E-state index in [2.05, 4.69) is 53.5 Å². The zero-order valence-corrected chi connectivity index (χ0v) is 20.9. The van der Waals surface area contributed by atoms with Gasteiger partial charge >= 0.3 is 0 Å². The number of piperidine rings is 1. The molecule has 9 nitrogen and oxygen atoms in total. The van der Waals surface area contributed by atoms with Crippen molar-refractivity contribution in [3.8, 4) is 17.1 Å². The molecule has 1 saturated heterocycles. The smallest absolute Gasteiger partial charge is 0.262 e. The van der Waals surface area contributed by atoms with Gasteiger partial charge in [-0.3, -0.25) is 9.78 Å². The van der Waals surface area contributed by atoms with Crippen LogP contribution in [0.5, 0.6) is 5.75 Å². The Hall–Kier alpha value is -3.50. The summed E-state index contributed by atoms with van der Waals surface area (Å²) in [5, 5.41) is 6.45. The van der Waals surface area contributed by atoms with Gasteiger partial charge < -0.3 is 25.3 Å². The van der Waals surface area contributed by atoms with Crippen LogP contribution in [0.1, 0.15) is 12.8 Å². The number of hydrogen-bond donors (Lipinski definition) is 3. The van der Waals surface area contributed by atoms with Gasteiger partial charge in [-0.05, 0) is 85.3 Å². The van der Waals surface area contributed by atoms with Crippen LogP contribution in [0, 0.1) is 0 Å². The molecule has 35 heavy (non-hydrogen) atoms. The predicted octanol–water partition coefficient (Wildman–Crippen LogP) is 4.31. The number of nitrogens with zero attached hydrogens (tertiary/aromatic N) is 4. The number of nitrogens with one attached hydrogen (secondary N) is 3. The average Bonchev–Trinajstić information content (AvgIpc) is 3.31. The van der Waals surface area contributed by atoms with Crippen LogP contribution < -0.4 is 15.4 Å². The van der Waals surface area contributed by atoms with Crippen LogP contribution in [0.15, 0.2) is 59.5 Å². The maximum Gasteiger partial charge on any atom is 0.262 e. The molecule has 0 aliphatic carbocycles. The Morgan fingerprint density at radius 2 is 1.91 bits per heavy atom. The van der Waals surface area contributed by atoms with Gasteiger partial charge in [-0.2, -0.15) is 0 Å². The number of ether oxygens (including phenoxy) is 1. The van der Waals surface area contributed by atoms with Crippen LogP contribution in [0.4, 0.5) is 11.4 Å². The maximum absolute atomic E-state index is 12.1. The summed E-state index contributed by atoms with van der Waals surface area (Å²) < 4.78 is 6.54. The maximum atomic E-state index is 12.1. The molecule has 1 aliphatic rings. The molecule has 180 valence electrons. The normalized spacial score (nSPS) is 14.7. The second kappa shape index (κ2) is 10.4. The van der Waals surface area contributed by atoms with Crippen LogP contribution >= 0.6 is 15.9 Å². The number of aromatic nitrogens is 4. The molecule has 0 radical (unpaired) electrons. The molecular formula is C25H26BrN7O2. The molecule has 10 heteroatoms. The van der Waals surface area contributed by atoms with Gasteiger partial charge in [0, 0.05) is 35.9 Å². The van der Waals surface area contributed by atoms with E-state index in [4.69, 9.17) is 9.72 Å². The number of halogens is 1. The lowest BCUT2D eigenvalue weighted by Gasteiger charge is -2.30. The summed E-state index contributed by atoms with van der Waals surface area (Å²) in [6.07, 6.45) is 7.22. The van der Waals surface area contributed by atoms with Crippen LogP contribution in [0.3, 0.4) is 0 Å². The van der Waals surface area contributed by atoms with Gasteiger partial charge in [-0.25, -0.2) is 9.97 Å². The van der Waals surface area contributed by atoms with Gasteiger partial charge in [0.15, 0.2) is 12.3 Å². The van der Waals surface area contributed by atoms with E-state index in [1.165, 1.54) is 0 Å². The van der Waals surface area contributed by atoms with Crippen molar-refractivity contribution in [2.45, 2.75) is 18.9 Å². The molecule has 1 fully saturated rings. The van der Waals surface area contributed by atoms with E-state index in [1.54, 1.807) is 30.7 Å². The first-order chi connectivity index (χ1) is 17.0. The van der Waals surface area contributed by atoms with Crippen molar-refractivity contribution < 1.29 is 9.53 Å². The first kappa shape index (κ1) is 23.3. The van der Waals surface area contributed by atoms with Gasteiger partial charge in [0.05, 0.1) is 10.2 Å². The summed E-state index contributed by atoms with van der Waals surface area (Å²) >= 11 is 3.65. The summed E-state index contributed by atoms with van der Waals surface area (Å²) in [7, 11) is 2.16. The number of aromatic amines is 1. The standard InChI is InChI=1S/C25H26BrN7O2/c1-33-12-8-18(9-13-33)30-22-20(26)14-28-25-23(22)31-24(32-25)16-2-4-19(5-3-16)35-15-21(34)29-17-6-10-27-11-7-17/h2-7,10-11,14,18H,8-9,12-13,15H2,1H3,(H,27,29,34)(H2,28,30,31,32). The summed E-state index contributed by atoms with van der Waals surface area (Å²) in [5.41, 5.74) is 4.10. The average molecular weight is 536 g/mol. The number of benzene rings is 1. The van der Waals surface area contributed by atoms with Crippen LogP contribution in [0.25, 0.3) is 22.6 Å². The van der Waals surface area contributed by atoms with Gasteiger partial charge in [0.25, 0.3) is 5.91 Å². The van der Waals surface area contributed by atoms with E-state index in [0.717, 1.165) is 53.0 Å². The van der Waals surface area contributed by atoms with Gasteiger partial charge in [0.2, 0.25) is 0 Å². The van der Waals surface area contributed by atoms with Crippen LogP contribution in [0.2, 0.25) is 0 Å². The Morgan fingerprint density at radius 1 is 1.17 bits per heavy atom. The third-order valence-corrected chi connectivity index (χ3v) is 6.60. The zero-order chi connectivity index (χ0) is 24.2. The Bertz CT molecular complexity index is 1300. The fraction of sp³-hybridized carbons (Fsp3) is 0.280. The van der Waals surface area contributed by atoms with E-state index in [1.807, 2.05) is 24.3 Å². The van der Waals surface area contributed by atoms with Gasteiger partial charge in [-0.1, -0.05) is 0 Å². The molecule has 0 unspecified atom stereocenters. The summed E-state index contributed by atoms with van der Waals surface area (Å²) in [4.78, 5) is 31.0. The van der Waals surface area contributed by atoms with Gasteiger partial charge in [-0.15, -0.1) is 0 Å². The van der Waals surface area contributed by atoms with E-state index >= 15 is 0 Å². The molecule has 1 aromatic carbocycles. The monoisotopic (exact) mass is 535 g/mol. The molecule has 1 amide bonds. The molecule has 5 rings (SSSR count). The van der Waals surface area contributed by atoms with Crippen molar-refractivity contribution in [1.82, 2.24) is 24.8 Å². The first-order valence-corrected chi connectivity index (χ1v) is 12.3. The number of carbonyl (C=O) groups excluding carboxylic acids is 1. The SMILES string of the molecule is CN1CCC(Nc2c(Br)cnc3nc(-c4ccc(OCC(=O)Nc5ccncc5)cc4)[nH]c23)CC1. The number of H-pyrrole nitrogens is 1. The zero-order valence-electron chi connectivity index (χ0n) is 19.3. The van der Waals surface area contributed by atoms with E-state index < -0.39 is 0 Å². The fourth-order valence-corrected chi connectivity index (χ4v) is 4.47. The van der Waals surface area contributed by atoms with E-state index in [0.29, 0.717) is 23.1 Å². The highest BCUT2D eigenvalue weighted by Gasteiger charge is 2.20. The number of anilines is 2. The van der Waals surface area contributed by atoms with Crippen molar-refractivity contribution in [3.05, 3.63) is 59.5 Å². The molecule has 3 aromatic heterocycles. The Morgan fingerprint density at radius 3 is 2.66 bits per heavy atom. The molecule has 0 bridgehead atoms. The van der Waals surface area contributed by atoms with Crippen molar-refractivity contribution in [1.29, 1.82) is 0 Å². The Balaban J connectivity index is 1.26. The third-order valence-electron chi connectivity index (χ3n) is 6.00. The largest absolute Gasteiger partial charge is 0.484 e. The molecule has 4 aromatic rings. The Kier molecular flexibility index (Phi) is 6.91. The van der Waals surface area contributed by atoms with Gasteiger partial charge in [0.1, 0.15) is 17.1 Å². The number of hydrogen-bond acceptors (Lipinski definition) is 7. The lowest BCUT2D eigenvalue weighted by molar-refractivity contribution is -0.118.